The van der Waals surface area contributed by atoms with Crippen LogP contribution in [0.3, 0.4) is 0 Å². The summed E-state index contributed by atoms with van der Waals surface area (Å²) in [5, 5.41) is 5.02. The van der Waals surface area contributed by atoms with E-state index in [-0.39, 0.29) is 35.9 Å². The van der Waals surface area contributed by atoms with Crippen LogP contribution in [0.25, 0.3) is 10.9 Å². The van der Waals surface area contributed by atoms with E-state index in [4.69, 9.17) is 9.47 Å². The molecular weight excluding hydrogens is 426 g/mol. The number of benzene rings is 1. The number of hydrogen-bond donors (Lipinski definition) is 0. The SMILES string of the molecule is Cl.O=C(CCCOCC1CC1)c1ccc2nn(CC3CCCCC3)cc2c1OC(F)F. The maximum Gasteiger partial charge on any atom is 0.387 e. The minimum absolute atomic E-state index is 0. The summed E-state index contributed by atoms with van der Waals surface area (Å²) in [6.07, 6.45) is 11.1. The summed E-state index contributed by atoms with van der Waals surface area (Å²) in [6, 6.07) is 3.28. The molecule has 0 bridgehead atoms. The van der Waals surface area contributed by atoms with E-state index >= 15 is 0 Å². The number of nitrogens with zero attached hydrogens (tertiary/aromatic N) is 2. The maximum atomic E-state index is 13.1. The lowest BCUT2D eigenvalue weighted by atomic mass is 9.89. The Labute approximate surface area is 187 Å². The van der Waals surface area contributed by atoms with Crippen LogP contribution in [0, 0.1) is 11.8 Å². The highest BCUT2D eigenvalue weighted by Crippen LogP contribution is 2.33. The summed E-state index contributed by atoms with van der Waals surface area (Å²) in [5.74, 6) is 0.979. The van der Waals surface area contributed by atoms with Crippen molar-refractivity contribution in [3.63, 3.8) is 0 Å². The third-order valence-corrected chi connectivity index (χ3v) is 6.11. The molecule has 2 saturated carbocycles. The van der Waals surface area contributed by atoms with E-state index < -0.39 is 6.61 Å². The number of rotatable bonds is 11. The van der Waals surface area contributed by atoms with E-state index in [2.05, 4.69) is 5.10 Å². The predicted octanol–water partition coefficient (Wildman–Crippen LogP) is 6.03. The molecule has 8 heteroatoms. The minimum atomic E-state index is -2.99. The Morgan fingerprint density at radius 1 is 1.13 bits per heavy atom. The highest BCUT2D eigenvalue weighted by molar-refractivity contribution is 6.04. The van der Waals surface area contributed by atoms with Crippen molar-refractivity contribution in [3.05, 3.63) is 23.9 Å². The van der Waals surface area contributed by atoms with Crippen molar-refractivity contribution in [3.8, 4) is 5.75 Å². The quantitative estimate of drug-likeness (QED) is 0.306. The molecular formula is C23H31ClF2N2O3. The van der Waals surface area contributed by atoms with Crippen LogP contribution in [0.1, 0.15) is 68.1 Å². The molecule has 2 aliphatic carbocycles. The van der Waals surface area contributed by atoms with Gasteiger partial charge < -0.3 is 9.47 Å². The summed E-state index contributed by atoms with van der Waals surface area (Å²) >= 11 is 0. The second-order valence-corrected chi connectivity index (χ2v) is 8.65. The predicted molar refractivity (Wildman–Crippen MR) is 117 cm³/mol. The molecule has 0 amide bonds. The van der Waals surface area contributed by atoms with Crippen molar-refractivity contribution in [2.45, 2.75) is 70.9 Å². The van der Waals surface area contributed by atoms with Gasteiger partial charge in [-0.15, -0.1) is 12.4 Å². The first-order valence-corrected chi connectivity index (χ1v) is 11.2. The second kappa shape index (κ2) is 11.2. The van der Waals surface area contributed by atoms with Gasteiger partial charge in [-0.1, -0.05) is 19.3 Å². The summed E-state index contributed by atoms with van der Waals surface area (Å²) in [6.45, 7) is -0.968. The second-order valence-electron chi connectivity index (χ2n) is 8.65. The van der Waals surface area contributed by atoms with Gasteiger partial charge >= 0.3 is 6.61 Å². The van der Waals surface area contributed by atoms with Crippen molar-refractivity contribution in [1.29, 1.82) is 0 Å². The van der Waals surface area contributed by atoms with Crippen molar-refractivity contribution in [2.75, 3.05) is 13.2 Å². The van der Waals surface area contributed by atoms with Crippen LogP contribution in [0.15, 0.2) is 18.3 Å². The molecule has 1 aromatic carbocycles. The number of Topliss-reactive ketones (excluding diaryl/α,β-unsaturated/α-hetero) is 1. The summed E-state index contributed by atoms with van der Waals surface area (Å²) in [4.78, 5) is 12.7. The lowest BCUT2D eigenvalue weighted by molar-refractivity contribution is -0.0491. The Balaban J connectivity index is 0.00000272. The average Bonchev–Trinajstić information content (AvgIpc) is 3.46. The molecule has 0 saturated heterocycles. The lowest BCUT2D eigenvalue weighted by Gasteiger charge is -2.21. The van der Waals surface area contributed by atoms with E-state index in [9.17, 15) is 13.6 Å². The fraction of sp³-hybridized carbons (Fsp3) is 0.652. The van der Waals surface area contributed by atoms with Gasteiger partial charge in [-0.2, -0.15) is 13.9 Å². The molecule has 0 unspecified atom stereocenters. The summed E-state index contributed by atoms with van der Waals surface area (Å²) < 4.78 is 38.4. The van der Waals surface area contributed by atoms with Gasteiger partial charge in [-0.3, -0.25) is 9.48 Å². The Morgan fingerprint density at radius 3 is 2.61 bits per heavy atom. The molecule has 0 radical (unpaired) electrons. The van der Waals surface area contributed by atoms with Gasteiger partial charge in [0, 0.05) is 32.4 Å². The zero-order valence-corrected chi connectivity index (χ0v) is 18.5. The number of aromatic nitrogens is 2. The average molecular weight is 457 g/mol. The molecule has 31 heavy (non-hydrogen) atoms. The van der Waals surface area contributed by atoms with Gasteiger partial charge in [0.1, 0.15) is 5.75 Å². The molecule has 0 atom stereocenters. The highest BCUT2D eigenvalue weighted by Gasteiger charge is 2.23. The van der Waals surface area contributed by atoms with Gasteiger partial charge in [0.15, 0.2) is 5.78 Å². The van der Waals surface area contributed by atoms with Crippen LogP contribution in [-0.2, 0) is 11.3 Å². The fourth-order valence-electron chi connectivity index (χ4n) is 4.28. The van der Waals surface area contributed by atoms with E-state index in [0.717, 1.165) is 13.2 Å². The van der Waals surface area contributed by atoms with Crippen LogP contribution in [0.4, 0.5) is 8.78 Å². The normalized spacial score (nSPS) is 17.1. The van der Waals surface area contributed by atoms with Crippen molar-refractivity contribution < 1.29 is 23.0 Å². The first-order chi connectivity index (χ1) is 14.6. The molecule has 0 spiro atoms. The third-order valence-electron chi connectivity index (χ3n) is 6.11. The van der Waals surface area contributed by atoms with Gasteiger partial charge in [0.2, 0.25) is 0 Å². The molecule has 2 aliphatic rings. The molecule has 0 aliphatic heterocycles. The first-order valence-electron chi connectivity index (χ1n) is 11.2. The zero-order valence-electron chi connectivity index (χ0n) is 17.7. The van der Waals surface area contributed by atoms with Gasteiger partial charge in [-0.05, 0) is 56.1 Å². The number of halogens is 3. The number of fused-ring (bicyclic) bond motifs is 1. The molecule has 4 rings (SSSR count). The Kier molecular flexibility index (Phi) is 8.67. The lowest BCUT2D eigenvalue weighted by Crippen LogP contribution is -2.14. The molecule has 0 N–H and O–H groups in total. The zero-order chi connectivity index (χ0) is 20.9. The van der Waals surface area contributed by atoms with E-state index in [1.165, 1.54) is 44.9 Å². The van der Waals surface area contributed by atoms with E-state index in [0.29, 0.717) is 35.8 Å². The smallest absolute Gasteiger partial charge is 0.387 e. The largest absolute Gasteiger partial charge is 0.433 e. The van der Waals surface area contributed by atoms with Crippen molar-refractivity contribution >= 4 is 29.1 Å². The molecule has 1 heterocycles. The van der Waals surface area contributed by atoms with Crippen LogP contribution < -0.4 is 4.74 Å². The third kappa shape index (κ3) is 6.62. The highest BCUT2D eigenvalue weighted by atomic mass is 35.5. The first kappa shape index (κ1) is 23.9. The Hall–Kier alpha value is -1.73. The molecule has 2 aromatic rings. The monoisotopic (exact) mass is 456 g/mol. The molecule has 2 fully saturated rings. The Morgan fingerprint density at radius 2 is 1.90 bits per heavy atom. The number of carbonyl (C=O) groups is 1. The van der Waals surface area contributed by atoms with Crippen molar-refractivity contribution in [2.24, 2.45) is 11.8 Å². The number of alkyl halides is 2. The maximum absolute atomic E-state index is 13.1. The Bertz CT molecular complexity index is 864. The number of ketones is 1. The molecule has 172 valence electrons. The van der Waals surface area contributed by atoms with Crippen LogP contribution >= 0.6 is 12.4 Å². The number of carbonyl (C=O) groups excluding carboxylic acids is 1. The van der Waals surface area contributed by atoms with Gasteiger partial charge in [-0.25, -0.2) is 0 Å². The topological polar surface area (TPSA) is 53.3 Å². The van der Waals surface area contributed by atoms with E-state index in [1.54, 1.807) is 18.3 Å². The number of ether oxygens (including phenoxy) is 2. The molecule has 1 aromatic heterocycles. The van der Waals surface area contributed by atoms with Gasteiger partial charge in [0.05, 0.1) is 16.5 Å². The van der Waals surface area contributed by atoms with E-state index in [1.807, 2.05) is 4.68 Å². The molecule has 5 nitrogen and oxygen atoms in total. The van der Waals surface area contributed by atoms with Crippen molar-refractivity contribution in [1.82, 2.24) is 9.78 Å². The van der Waals surface area contributed by atoms with Crippen LogP contribution in [0.5, 0.6) is 5.75 Å². The van der Waals surface area contributed by atoms with Crippen LogP contribution in [0.2, 0.25) is 0 Å². The summed E-state index contributed by atoms with van der Waals surface area (Å²) in [5.41, 5.74) is 0.771. The van der Waals surface area contributed by atoms with Crippen LogP contribution in [-0.4, -0.2) is 35.4 Å². The number of hydrogen-bond acceptors (Lipinski definition) is 4. The standard InChI is InChI=1S/C23H30F2N2O3.ClH/c24-23(25)30-22-18(21(28)7-4-12-29-15-17-8-9-17)10-11-20-19(22)14-27(26-20)13-16-5-2-1-3-6-16;/h10-11,14,16-17,23H,1-9,12-13,15H2;1H. The minimum Gasteiger partial charge on any atom is -0.433 e. The summed E-state index contributed by atoms with van der Waals surface area (Å²) in [7, 11) is 0. The fourth-order valence-corrected chi connectivity index (χ4v) is 4.28. The van der Waals surface area contributed by atoms with Gasteiger partial charge in [0.25, 0.3) is 0 Å².